The van der Waals surface area contributed by atoms with Crippen molar-refractivity contribution in [3.8, 4) is 0 Å². The van der Waals surface area contributed by atoms with Crippen LogP contribution in [0.4, 0.5) is 0 Å². The highest BCUT2D eigenvalue weighted by Gasteiger charge is 2.21. The number of hydrogen-bond acceptors (Lipinski definition) is 4. The molecule has 0 aliphatic heterocycles. The quantitative estimate of drug-likeness (QED) is 0.859. The maximum Gasteiger partial charge on any atom is 0.251 e. The van der Waals surface area contributed by atoms with E-state index >= 15 is 0 Å². The van der Waals surface area contributed by atoms with Gasteiger partial charge in [-0.05, 0) is 32.8 Å². The zero-order valence-corrected chi connectivity index (χ0v) is 12.2. The van der Waals surface area contributed by atoms with Crippen LogP contribution >= 0.6 is 0 Å². The number of carbonyl (C=O) groups excluding carboxylic acids is 1. The number of aromatic nitrogens is 4. The van der Waals surface area contributed by atoms with Crippen LogP contribution < -0.4 is 5.56 Å². The summed E-state index contributed by atoms with van der Waals surface area (Å²) in [5.41, 5.74) is 1.41. The number of Topliss-reactive ketones (excluding diaryl/α,β-unsaturated/α-hetero) is 1. The summed E-state index contributed by atoms with van der Waals surface area (Å²) in [6, 6.07) is 3.31. The van der Waals surface area contributed by atoms with Crippen molar-refractivity contribution in [1.29, 1.82) is 0 Å². The van der Waals surface area contributed by atoms with Crippen LogP contribution in [0.5, 0.6) is 0 Å². The van der Waals surface area contributed by atoms with Gasteiger partial charge >= 0.3 is 0 Å². The zero-order valence-electron chi connectivity index (χ0n) is 12.2. The molecule has 0 fully saturated rings. The van der Waals surface area contributed by atoms with Gasteiger partial charge in [0.05, 0.1) is 6.54 Å². The van der Waals surface area contributed by atoms with Crippen molar-refractivity contribution in [2.75, 3.05) is 0 Å². The Labute approximate surface area is 122 Å². The van der Waals surface area contributed by atoms with Gasteiger partial charge in [-0.25, -0.2) is 9.67 Å². The highest BCUT2D eigenvalue weighted by Crippen LogP contribution is 2.20. The van der Waals surface area contributed by atoms with E-state index in [0.717, 1.165) is 24.4 Å². The van der Waals surface area contributed by atoms with Crippen molar-refractivity contribution in [3.05, 3.63) is 45.9 Å². The lowest BCUT2D eigenvalue weighted by molar-refractivity contribution is 0.0970. The molecule has 0 radical (unpaired) electrons. The molecule has 0 bridgehead atoms. The minimum absolute atomic E-state index is 0.0956. The first kappa shape index (κ1) is 13.7. The van der Waals surface area contributed by atoms with E-state index in [4.69, 9.17) is 0 Å². The second-order valence-electron chi connectivity index (χ2n) is 5.61. The summed E-state index contributed by atoms with van der Waals surface area (Å²) in [5, 5.41) is 4.19. The van der Waals surface area contributed by atoms with Crippen molar-refractivity contribution in [2.24, 2.45) is 0 Å². The first-order chi connectivity index (χ1) is 10.1. The molecule has 110 valence electrons. The zero-order chi connectivity index (χ0) is 15.0. The smallest absolute Gasteiger partial charge is 0.251 e. The standard InChI is InChI=1S/C15H18N4O2/c1-10(2)19-14(16-9-17-19)8-18-12-4-3-5-13(20)11(12)6-7-15(18)21/h6-7,9-10H,3-5,8H2,1-2H3. The van der Waals surface area contributed by atoms with Crippen molar-refractivity contribution in [3.63, 3.8) is 0 Å². The molecule has 0 spiro atoms. The van der Waals surface area contributed by atoms with Crippen LogP contribution in [0.15, 0.2) is 23.3 Å². The first-order valence-electron chi connectivity index (χ1n) is 7.22. The molecule has 0 saturated heterocycles. The molecular formula is C15H18N4O2. The molecule has 0 aromatic carbocycles. The number of carbonyl (C=O) groups is 1. The molecule has 0 N–H and O–H groups in total. The predicted octanol–water partition coefficient (Wildman–Crippen LogP) is 1.59. The largest absolute Gasteiger partial charge is 0.304 e. The Morgan fingerprint density at radius 1 is 1.24 bits per heavy atom. The van der Waals surface area contributed by atoms with E-state index in [0.29, 0.717) is 18.5 Å². The Kier molecular flexibility index (Phi) is 3.45. The number of pyridine rings is 1. The number of rotatable bonds is 3. The van der Waals surface area contributed by atoms with E-state index < -0.39 is 0 Å². The third kappa shape index (κ3) is 2.41. The predicted molar refractivity (Wildman–Crippen MR) is 77.5 cm³/mol. The van der Waals surface area contributed by atoms with Gasteiger partial charge in [0, 0.05) is 29.8 Å². The van der Waals surface area contributed by atoms with Crippen molar-refractivity contribution in [2.45, 2.75) is 45.7 Å². The summed E-state index contributed by atoms with van der Waals surface area (Å²) >= 11 is 0. The lowest BCUT2D eigenvalue weighted by atomic mass is 9.94. The summed E-state index contributed by atoms with van der Waals surface area (Å²) in [7, 11) is 0. The van der Waals surface area contributed by atoms with Gasteiger partial charge in [-0.1, -0.05) is 0 Å². The maximum atomic E-state index is 12.2. The fraction of sp³-hybridized carbons (Fsp3) is 0.467. The minimum Gasteiger partial charge on any atom is -0.304 e. The fourth-order valence-corrected chi connectivity index (χ4v) is 2.83. The molecule has 0 saturated carbocycles. The molecule has 0 unspecified atom stereocenters. The Balaban J connectivity index is 2.07. The molecule has 21 heavy (non-hydrogen) atoms. The number of ketones is 1. The summed E-state index contributed by atoms with van der Waals surface area (Å²) in [6.07, 6.45) is 3.62. The van der Waals surface area contributed by atoms with Crippen molar-refractivity contribution < 1.29 is 4.79 Å². The highest BCUT2D eigenvalue weighted by molar-refractivity contribution is 5.97. The van der Waals surface area contributed by atoms with Gasteiger partial charge in [-0.15, -0.1) is 0 Å². The molecule has 1 aliphatic carbocycles. The van der Waals surface area contributed by atoms with Crippen LogP contribution in [0.3, 0.4) is 0 Å². The average Bonchev–Trinajstić information content (AvgIpc) is 2.91. The molecular weight excluding hydrogens is 268 g/mol. The summed E-state index contributed by atoms with van der Waals surface area (Å²) < 4.78 is 3.46. The lowest BCUT2D eigenvalue weighted by Gasteiger charge is -2.20. The SMILES string of the molecule is CC(C)n1ncnc1Cn1c2c(ccc1=O)C(=O)CCC2. The van der Waals surface area contributed by atoms with Crippen LogP contribution in [0.2, 0.25) is 0 Å². The van der Waals surface area contributed by atoms with Crippen LogP contribution in [0, 0.1) is 0 Å². The fourth-order valence-electron chi connectivity index (χ4n) is 2.83. The minimum atomic E-state index is -0.0956. The maximum absolute atomic E-state index is 12.2. The average molecular weight is 286 g/mol. The van der Waals surface area contributed by atoms with E-state index in [1.54, 1.807) is 15.3 Å². The van der Waals surface area contributed by atoms with E-state index in [2.05, 4.69) is 10.1 Å². The molecule has 1 aliphatic rings. The van der Waals surface area contributed by atoms with Crippen LogP contribution in [0.25, 0.3) is 0 Å². The van der Waals surface area contributed by atoms with Gasteiger partial charge in [0.25, 0.3) is 5.56 Å². The third-order valence-corrected chi connectivity index (χ3v) is 3.85. The second-order valence-corrected chi connectivity index (χ2v) is 5.61. The van der Waals surface area contributed by atoms with Crippen molar-refractivity contribution >= 4 is 5.78 Å². The van der Waals surface area contributed by atoms with E-state index in [-0.39, 0.29) is 17.4 Å². The van der Waals surface area contributed by atoms with Gasteiger partial charge in [-0.2, -0.15) is 5.10 Å². The van der Waals surface area contributed by atoms with E-state index in [1.165, 1.54) is 12.4 Å². The van der Waals surface area contributed by atoms with Gasteiger partial charge in [0.15, 0.2) is 5.78 Å². The molecule has 2 aromatic rings. The Bertz CT molecular complexity index is 742. The molecule has 2 heterocycles. The Hall–Kier alpha value is -2.24. The van der Waals surface area contributed by atoms with E-state index in [9.17, 15) is 9.59 Å². The molecule has 3 rings (SSSR count). The van der Waals surface area contributed by atoms with E-state index in [1.807, 2.05) is 13.8 Å². The number of hydrogen-bond donors (Lipinski definition) is 0. The molecule has 0 atom stereocenters. The molecule has 2 aromatic heterocycles. The Morgan fingerprint density at radius 2 is 2.05 bits per heavy atom. The first-order valence-corrected chi connectivity index (χ1v) is 7.22. The summed E-state index contributed by atoms with van der Waals surface area (Å²) in [5.74, 6) is 0.855. The molecule has 6 nitrogen and oxygen atoms in total. The lowest BCUT2D eigenvalue weighted by Crippen LogP contribution is -2.29. The van der Waals surface area contributed by atoms with Gasteiger partial charge < -0.3 is 4.57 Å². The third-order valence-electron chi connectivity index (χ3n) is 3.85. The van der Waals surface area contributed by atoms with Gasteiger partial charge in [0.2, 0.25) is 0 Å². The van der Waals surface area contributed by atoms with Gasteiger partial charge in [-0.3, -0.25) is 9.59 Å². The van der Waals surface area contributed by atoms with Crippen molar-refractivity contribution in [1.82, 2.24) is 19.3 Å². The van der Waals surface area contributed by atoms with Crippen LogP contribution in [0.1, 0.15) is 54.6 Å². The molecule has 6 heteroatoms. The topological polar surface area (TPSA) is 69.8 Å². The second kappa shape index (κ2) is 5.27. The monoisotopic (exact) mass is 286 g/mol. The van der Waals surface area contributed by atoms with Gasteiger partial charge in [0.1, 0.15) is 12.2 Å². The summed E-state index contributed by atoms with van der Waals surface area (Å²) in [4.78, 5) is 28.4. The normalized spacial score (nSPS) is 14.5. The highest BCUT2D eigenvalue weighted by atomic mass is 16.1. The number of nitrogens with zero attached hydrogens (tertiary/aromatic N) is 4. The summed E-state index contributed by atoms with van der Waals surface area (Å²) in [6.45, 7) is 4.39. The van der Waals surface area contributed by atoms with Crippen LogP contribution in [-0.2, 0) is 13.0 Å². The molecule has 0 amide bonds. The van der Waals surface area contributed by atoms with Crippen LogP contribution in [-0.4, -0.2) is 25.1 Å². The Morgan fingerprint density at radius 3 is 2.81 bits per heavy atom. The number of fused-ring (bicyclic) bond motifs is 1.